The van der Waals surface area contributed by atoms with Crippen molar-refractivity contribution in [2.24, 2.45) is 0 Å². The molecule has 0 N–H and O–H groups in total. The maximum atomic E-state index is 5.95. The quantitative estimate of drug-likeness (QED) is 0.678. The maximum Gasteiger partial charge on any atom is 0.129 e. The summed E-state index contributed by atoms with van der Waals surface area (Å²) in [4.78, 5) is 4.09. The van der Waals surface area contributed by atoms with Crippen LogP contribution in [0, 0.1) is 0 Å². The topological polar surface area (TPSA) is 39.9 Å². The molecule has 0 radical (unpaired) electrons. The summed E-state index contributed by atoms with van der Waals surface area (Å²) < 4.78 is 7.17. The van der Waals surface area contributed by atoms with Crippen LogP contribution in [0.4, 0.5) is 0 Å². The number of hydrogen-bond acceptors (Lipinski definition) is 3. The SMILES string of the molecule is Clc1cc2cc(-c3cnn(C4COC4)c3)ccc2cn1. The molecule has 0 unspecified atom stereocenters. The Balaban J connectivity index is 1.75. The van der Waals surface area contributed by atoms with Crippen LogP contribution in [0.2, 0.25) is 5.15 Å². The minimum absolute atomic E-state index is 0.378. The second kappa shape index (κ2) is 4.58. The first-order chi connectivity index (χ1) is 9.79. The number of ether oxygens (including phenoxy) is 1. The Bertz CT molecular complexity index is 780. The van der Waals surface area contributed by atoms with Crippen molar-refractivity contribution < 1.29 is 4.74 Å². The third-order valence-corrected chi connectivity index (χ3v) is 3.82. The van der Waals surface area contributed by atoms with E-state index in [1.165, 1.54) is 0 Å². The van der Waals surface area contributed by atoms with E-state index in [1.54, 1.807) is 6.20 Å². The molecule has 0 aliphatic carbocycles. The molecule has 1 saturated heterocycles. The Morgan fingerprint density at radius 1 is 1.10 bits per heavy atom. The van der Waals surface area contributed by atoms with Gasteiger partial charge in [0.25, 0.3) is 0 Å². The number of nitrogens with zero attached hydrogens (tertiary/aromatic N) is 3. The molecule has 100 valence electrons. The molecule has 0 saturated carbocycles. The van der Waals surface area contributed by atoms with E-state index in [0.29, 0.717) is 11.2 Å². The number of rotatable bonds is 2. The summed E-state index contributed by atoms with van der Waals surface area (Å²) in [7, 11) is 0. The number of fused-ring (bicyclic) bond motifs is 1. The molecule has 1 fully saturated rings. The van der Waals surface area contributed by atoms with Crippen LogP contribution >= 0.6 is 11.6 Å². The highest BCUT2D eigenvalue weighted by molar-refractivity contribution is 6.30. The molecular formula is C15H12ClN3O. The van der Waals surface area contributed by atoms with Gasteiger partial charge in [-0.15, -0.1) is 0 Å². The van der Waals surface area contributed by atoms with Crippen molar-refractivity contribution in [3.63, 3.8) is 0 Å². The van der Waals surface area contributed by atoms with Gasteiger partial charge in [-0.05, 0) is 23.1 Å². The van der Waals surface area contributed by atoms with Crippen molar-refractivity contribution in [2.45, 2.75) is 6.04 Å². The Kier molecular flexibility index (Phi) is 2.72. The maximum absolute atomic E-state index is 5.95. The predicted molar refractivity (Wildman–Crippen MR) is 77.8 cm³/mol. The van der Waals surface area contributed by atoms with Crippen LogP contribution in [0.3, 0.4) is 0 Å². The van der Waals surface area contributed by atoms with Crippen molar-refractivity contribution in [3.8, 4) is 11.1 Å². The van der Waals surface area contributed by atoms with Crippen molar-refractivity contribution in [2.75, 3.05) is 13.2 Å². The summed E-state index contributed by atoms with van der Waals surface area (Å²) in [5, 5.41) is 7.09. The van der Waals surface area contributed by atoms with Gasteiger partial charge in [0.1, 0.15) is 5.15 Å². The molecule has 3 heterocycles. The zero-order valence-corrected chi connectivity index (χ0v) is 11.4. The lowest BCUT2D eigenvalue weighted by Gasteiger charge is -2.25. The van der Waals surface area contributed by atoms with Gasteiger partial charge < -0.3 is 4.74 Å². The fourth-order valence-electron chi connectivity index (χ4n) is 2.36. The molecule has 5 heteroatoms. The second-order valence-corrected chi connectivity index (χ2v) is 5.36. The van der Waals surface area contributed by atoms with E-state index in [4.69, 9.17) is 16.3 Å². The summed E-state index contributed by atoms with van der Waals surface area (Å²) in [6, 6.07) is 8.50. The molecule has 4 rings (SSSR count). The lowest BCUT2D eigenvalue weighted by atomic mass is 10.1. The summed E-state index contributed by atoms with van der Waals surface area (Å²) in [6.07, 6.45) is 5.75. The van der Waals surface area contributed by atoms with Gasteiger partial charge in [0.2, 0.25) is 0 Å². The number of benzene rings is 1. The molecular weight excluding hydrogens is 274 g/mol. The summed E-state index contributed by atoms with van der Waals surface area (Å²) in [5.74, 6) is 0. The fourth-order valence-corrected chi connectivity index (χ4v) is 2.52. The van der Waals surface area contributed by atoms with Gasteiger partial charge in [-0.2, -0.15) is 5.10 Å². The van der Waals surface area contributed by atoms with Crippen LogP contribution in [-0.4, -0.2) is 28.0 Å². The molecule has 20 heavy (non-hydrogen) atoms. The molecule has 1 aliphatic heterocycles. The molecule has 0 atom stereocenters. The van der Waals surface area contributed by atoms with Crippen LogP contribution < -0.4 is 0 Å². The Morgan fingerprint density at radius 2 is 2.00 bits per heavy atom. The average molecular weight is 286 g/mol. The summed E-state index contributed by atoms with van der Waals surface area (Å²) >= 11 is 5.95. The first kappa shape index (κ1) is 11.9. The zero-order chi connectivity index (χ0) is 13.5. The van der Waals surface area contributed by atoms with E-state index in [0.717, 1.165) is 35.1 Å². The Morgan fingerprint density at radius 3 is 2.80 bits per heavy atom. The highest BCUT2D eigenvalue weighted by atomic mass is 35.5. The first-order valence-electron chi connectivity index (χ1n) is 6.47. The van der Waals surface area contributed by atoms with Gasteiger partial charge in [0.05, 0.1) is 25.5 Å². The van der Waals surface area contributed by atoms with Crippen LogP contribution in [0.15, 0.2) is 42.9 Å². The third kappa shape index (κ3) is 1.97. The summed E-state index contributed by atoms with van der Waals surface area (Å²) in [6.45, 7) is 1.50. The monoisotopic (exact) mass is 285 g/mol. The fraction of sp³-hybridized carbons (Fsp3) is 0.200. The summed E-state index contributed by atoms with van der Waals surface area (Å²) in [5.41, 5.74) is 2.23. The molecule has 1 aliphatic rings. The van der Waals surface area contributed by atoms with Gasteiger partial charge >= 0.3 is 0 Å². The van der Waals surface area contributed by atoms with Crippen LogP contribution in [0.25, 0.3) is 21.9 Å². The highest BCUT2D eigenvalue weighted by Gasteiger charge is 2.21. The van der Waals surface area contributed by atoms with Crippen LogP contribution in [-0.2, 0) is 4.74 Å². The molecule has 2 aromatic heterocycles. The van der Waals surface area contributed by atoms with E-state index in [9.17, 15) is 0 Å². The van der Waals surface area contributed by atoms with Crippen molar-refractivity contribution in [1.29, 1.82) is 0 Å². The number of hydrogen-bond donors (Lipinski definition) is 0. The molecule has 4 nitrogen and oxygen atoms in total. The van der Waals surface area contributed by atoms with Crippen molar-refractivity contribution >= 4 is 22.4 Å². The van der Waals surface area contributed by atoms with E-state index in [1.807, 2.05) is 16.9 Å². The lowest BCUT2D eigenvalue weighted by molar-refractivity contribution is -0.0286. The van der Waals surface area contributed by atoms with Gasteiger partial charge in [-0.1, -0.05) is 23.7 Å². The predicted octanol–water partition coefficient (Wildman–Crippen LogP) is 3.32. The molecule has 0 spiro atoms. The standard InChI is InChI=1S/C15H12ClN3O/c16-15-4-12-3-10(1-2-11(12)5-17-15)13-6-18-19(7-13)14-8-20-9-14/h1-7,14H,8-9H2. The van der Waals surface area contributed by atoms with Gasteiger partial charge in [0.15, 0.2) is 0 Å². The third-order valence-electron chi connectivity index (χ3n) is 3.62. The van der Waals surface area contributed by atoms with Gasteiger partial charge in [-0.3, -0.25) is 4.68 Å². The highest BCUT2D eigenvalue weighted by Crippen LogP contribution is 2.26. The smallest absolute Gasteiger partial charge is 0.129 e. The zero-order valence-electron chi connectivity index (χ0n) is 10.7. The molecule has 0 bridgehead atoms. The number of halogens is 1. The van der Waals surface area contributed by atoms with E-state index < -0.39 is 0 Å². The Hall–Kier alpha value is -1.91. The normalized spacial score (nSPS) is 15.4. The van der Waals surface area contributed by atoms with Crippen molar-refractivity contribution in [3.05, 3.63) is 48.0 Å². The second-order valence-electron chi connectivity index (χ2n) is 4.97. The number of aromatic nitrogens is 3. The van der Waals surface area contributed by atoms with E-state index in [-0.39, 0.29) is 0 Å². The Labute approximate surface area is 121 Å². The molecule has 1 aromatic carbocycles. The van der Waals surface area contributed by atoms with E-state index in [2.05, 4.69) is 34.5 Å². The van der Waals surface area contributed by atoms with E-state index >= 15 is 0 Å². The van der Waals surface area contributed by atoms with Crippen LogP contribution in [0.5, 0.6) is 0 Å². The van der Waals surface area contributed by atoms with Crippen molar-refractivity contribution in [1.82, 2.24) is 14.8 Å². The average Bonchev–Trinajstić information content (AvgIpc) is 2.85. The molecule has 0 amide bonds. The minimum Gasteiger partial charge on any atom is -0.377 e. The first-order valence-corrected chi connectivity index (χ1v) is 6.85. The lowest BCUT2D eigenvalue weighted by Crippen LogP contribution is -2.30. The number of pyridine rings is 1. The molecule has 3 aromatic rings. The minimum atomic E-state index is 0.378. The van der Waals surface area contributed by atoms with Gasteiger partial charge in [0, 0.05) is 23.3 Å². The van der Waals surface area contributed by atoms with Crippen LogP contribution in [0.1, 0.15) is 6.04 Å². The largest absolute Gasteiger partial charge is 0.377 e. The van der Waals surface area contributed by atoms with Gasteiger partial charge in [-0.25, -0.2) is 4.98 Å².